The third-order valence-electron chi connectivity index (χ3n) is 7.14. The molecule has 1 atom stereocenters. The maximum Gasteiger partial charge on any atom is 0.339 e. The van der Waals surface area contributed by atoms with E-state index >= 15 is 0 Å². The largest absolute Gasteiger partial charge is 0.493 e. The summed E-state index contributed by atoms with van der Waals surface area (Å²) in [6.07, 6.45) is 6.24. The number of methoxy groups -OCH3 is 1. The minimum atomic E-state index is -0.871. The smallest absolute Gasteiger partial charge is 0.339 e. The van der Waals surface area contributed by atoms with Gasteiger partial charge in [0.1, 0.15) is 13.2 Å². The molecule has 0 saturated heterocycles. The number of hydrogen-bond acceptors (Lipinski definition) is 6. The summed E-state index contributed by atoms with van der Waals surface area (Å²) in [4.78, 5) is 25.6. The Morgan fingerprint density at radius 2 is 1.70 bits per heavy atom. The third-order valence-corrected chi connectivity index (χ3v) is 7.14. The lowest BCUT2D eigenvalue weighted by atomic mass is 9.53. The van der Waals surface area contributed by atoms with Crippen LogP contribution in [0, 0.1) is 17.8 Å². The van der Waals surface area contributed by atoms with Crippen LogP contribution >= 0.6 is 0 Å². The van der Waals surface area contributed by atoms with Crippen LogP contribution in [0.3, 0.4) is 0 Å². The van der Waals surface area contributed by atoms with Gasteiger partial charge >= 0.3 is 5.97 Å². The highest BCUT2D eigenvalue weighted by atomic mass is 16.6. The van der Waals surface area contributed by atoms with Gasteiger partial charge in [-0.15, -0.1) is 0 Å². The van der Waals surface area contributed by atoms with E-state index in [1.807, 2.05) is 0 Å². The Morgan fingerprint density at radius 1 is 1.07 bits per heavy atom. The second-order valence-corrected chi connectivity index (χ2v) is 9.44. The van der Waals surface area contributed by atoms with E-state index in [-0.39, 0.29) is 17.0 Å². The molecule has 4 aliphatic carbocycles. The van der Waals surface area contributed by atoms with Crippen LogP contribution in [0.1, 0.15) is 55.8 Å². The van der Waals surface area contributed by atoms with Crippen LogP contribution in [0.4, 0.5) is 0 Å². The van der Waals surface area contributed by atoms with Gasteiger partial charge < -0.3 is 24.3 Å². The van der Waals surface area contributed by atoms with Gasteiger partial charge in [-0.3, -0.25) is 4.79 Å². The maximum atomic E-state index is 12.9. The number of carbonyl (C=O) groups is 2. The number of hydrogen-bond donors (Lipinski definition) is 1. The summed E-state index contributed by atoms with van der Waals surface area (Å²) in [6.45, 7) is 2.45. The van der Waals surface area contributed by atoms with E-state index in [0.29, 0.717) is 30.5 Å². The summed E-state index contributed by atoms with van der Waals surface area (Å²) in [5, 5.41) is 3.27. The molecular formula is C23H29NO6. The van der Waals surface area contributed by atoms with E-state index in [1.165, 1.54) is 26.4 Å². The molecule has 4 fully saturated rings. The van der Waals surface area contributed by atoms with Crippen LogP contribution in [0.2, 0.25) is 0 Å². The molecule has 5 aliphatic rings. The molecule has 162 valence electrons. The number of carbonyl (C=O) groups excluding carboxylic acids is 2. The normalized spacial score (nSPS) is 31.7. The molecule has 0 radical (unpaired) electrons. The van der Waals surface area contributed by atoms with Crippen LogP contribution in [0.15, 0.2) is 12.1 Å². The Balaban J connectivity index is 1.26. The maximum absolute atomic E-state index is 12.9. The fraction of sp³-hybridized carbons (Fsp3) is 0.652. The number of amides is 1. The van der Waals surface area contributed by atoms with Crippen molar-refractivity contribution in [1.29, 1.82) is 0 Å². The van der Waals surface area contributed by atoms with E-state index in [0.717, 1.165) is 37.0 Å². The van der Waals surface area contributed by atoms with Crippen LogP contribution in [0.25, 0.3) is 0 Å². The topological polar surface area (TPSA) is 83.1 Å². The lowest BCUT2D eigenvalue weighted by molar-refractivity contribution is -0.134. The van der Waals surface area contributed by atoms with Crippen molar-refractivity contribution in [3.63, 3.8) is 0 Å². The average Bonchev–Trinajstić information content (AvgIpc) is 2.71. The van der Waals surface area contributed by atoms with E-state index in [1.54, 1.807) is 19.1 Å². The summed E-state index contributed by atoms with van der Waals surface area (Å²) in [6, 6.07) is 3.13. The van der Waals surface area contributed by atoms with Gasteiger partial charge in [-0.2, -0.15) is 0 Å². The monoisotopic (exact) mass is 415 g/mol. The van der Waals surface area contributed by atoms with Crippen LogP contribution in [0.5, 0.6) is 17.2 Å². The summed E-state index contributed by atoms with van der Waals surface area (Å²) in [7, 11) is 1.50. The molecule has 7 nitrogen and oxygen atoms in total. The van der Waals surface area contributed by atoms with Crippen LogP contribution in [-0.4, -0.2) is 43.8 Å². The number of rotatable bonds is 5. The van der Waals surface area contributed by atoms with Gasteiger partial charge in [-0.05, 0) is 75.3 Å². The van der Waals surface area contributed by atoms with E-state index < -0.39 is 12.1 Å². The van der Waals surface area contributed by atoms with Gasteiger partial charge in [0.15, 0.2) is 17.6 Å². The van der Waals surface area contributed by atoms with Gasteiger partial charge in [0.25, 0.3) is 5.91 Å². The molecule has 7 heteroatoms. The summed E-state index contributed by atoms with van der Waals surface area (Å²) < 4.78 is 22.0. The van der Waals surface area contributed by atoms with E-state index in [2.05, 4.69) is 5.32 Å². The molecule has 1 aromatic carbocycles. The Morgan fingerprint density at radius 3 is 2.33 bits per heavy atom. The second-order valence-electron chi connectivity index (χ2n) is 9.44. The van der Waals surface area contributed by atoms with Crippen LogP contribution in [-0.2, 0) is 9.53 Å². The number of fused-ring (bicyclic) bond motifs is 1. The van der Waals surface area contributed by atoms with Gasteiger partial charge in [-0.25, -0.2) is 4.79 Å². The zero-order chi connectivity index (χ0) is 20.9. The summed E-state index contributed by atoms with van der Waals surface area (Å²) >= 11 is 0. The molecular weight excluding hydrogens is 386 g/mol. The van der Waals surface area contributed by atoms with E-state index in [9.17, 15) is 9.59 Å². The zero-order valence-corrected chi connectivity index (χ0v) is 17.6. The number of benzene rings is 1. The fourth-order valence-electron chi connectivity index (χ4n) is 6.30. The predicted octanol–water partition coefficient (Wildman–Crippen LogP) is 3.10. The van der Waals surface area contributed by atoms with Gasteiger partial charge in [0.05, 0.1) is 12.7 Å². The highest BCUT2D eigenvalue weighted by molar-refractivity contribution is 5.93. The van der Waals surface area contributed by atoms with Gasteiger partial charge in [-0.1, -0.05) is 0 Å². The van der Waals surface area contributed by atoms with Crippen molar-refractivity contribution in [2.75, 3.05) is 20.3 Å². The molecule has 1 amide bonds. The van der Waals surface area contributed by atoms with Crippen molar-refractivity contribution in [1.82, 2.24) is 5.32 Å². The predicted molar refractivity (Wildman–Crippen MR) is 108 cm³/mol. The summed E-state index contributed by atoms with van der Waals surface area (Å²) in [5.41, 5.74) is 0.165. The molecule has 1 aliphatic heterocycles. The number of nitrogens with one attached hydrogen (secondary N) is 1. The van der Waals surface area contributed by atoms with Crippen molar-refractivity contribution in [3.05, 3.63) is 17.7 Å². The molecule has 0 spiro atoms. The van der Waals surface area contributed by atoms with Crippen molar-refractivity contribution in [2.45, 2.75) is 57.1 Å². The molecule has 1 N–H and O–H groups in total. The molecule has 30 heavy (non-hydrogen) atoms. The Labute approximate surface area is 176 Å². The quantitative estimate of drug-likeness (QED) is 0.744. The third kappa shape index (κ3) is 3.48. The highest BCUT2D eigenvalue weighted by Gasteiger charge is 2.51. The van der Waals surface area contributed by atoms with Crippen molar-refractivity contribution < 1.29 is 28.5 Å². The summed E-state index contributed by atoms with van der Waals surface area (Å²) in [5.74, 6) is 2.74. The molecule has 4 saturated carbocycles. The lowest BCUT2D eigenvalue weighted by Gasteiger charge is -2.57. The van der Waals surface area contributed by atoms with Gasteiger partial charge in [0, 0.05) is 5.54 Å². The average molecular weight is 415 g/mol. The Kier molecular flexibility index (Phi) is 4.79. The molecule has 1 aromatic rings. The van der Waals surface area contributed by atoms with Crippen molar-refractivity contribution in [2.24, 2.45) is 17.8 Å². The first-order chi connectivity index (χ1) is 14.4. The molecule has 6 rings (SSSR count). The highest BCUT2D eigenvalue weighted by Crippen LogP contribution is 2.55. The molecule has 4 bridgehead atoms. The molecule has 0 aromatic heterocycles. The Hall–Kier alpha value is -2.44. The second kappa shape index (κ2) is 7.36. The van der Waals surface area contributed by atoms with Crippen LogP contribution < -0.4 is 19.5 Å². The first-order valence-corrected chi connectivity index (χ1v) is 11.0. The minimum Gasteiger partial charge on any atom is -0.493 e. The zero-order valence-electron chi connectivity index (χ0n) is 17.6. The Bertz CT molecular complexity index is 813. The van der Waals surface area contributed by atoms with Crippen molar-refractivity contribution in [3.8, 4) is 17.2 Å². The number of ether oxygens (including phenoxy) is 4. The number of esters is 1. The minimum absolute atomic E-state index is 0.104. The van der Waals surface area contributed by atoms with E-state index in [4.69, 9.17) is 18.9 Å². The molecule has 0 unspecified atom stereocenters. The lowest BCUT2D eigenvalue weighted by Crippen LogP contribution is -2.61. The first kappa shape index (κ1) is 19.5. The standard InChI is InChI=1S/C23H29NO6/c1-13(21(25)24-23-10-14-5-15(11-23)7-16(6-14)12-23)30-22(26)17-8-18(27-2)20-19(9-17)28-3-4-29-20/h8-9,13-16H,3-7,10-12H2,1-2H3,(H,24,25)/t13-,14?,15?,16?,23?/m1/s1. The molecule has 1 heterocycles. The SMILES string of the molecule is COc1cc(C(=O)O[C@H](C)C(=O)NC23CC4CC(CC(C4)C2)C3)cc2c1OCCO2. The van der Waals surface area contributed by atoms with Gasteiger partial charge in [0.2, 0.25) is 5.75 Å². The van der Waals surface area contributed by atoms with Crippen molar-refractivity contribution >= 4 is 11.9 Å². The first-order valence-electron chi connectivity index (χ1n) is 11.0. The fourth-order valence-corrected chi connectivity index (χ4v) is 6.30.